The Morgan fingerprint density at radius 2 is 1.36 bits per heavy atom. The second-order valence-corrected chi connectivity index (χ2v) is 6.93. The molecule has 0 saturated carbocycles. The van der Waals surface area contributed by atoms with Gasteiger partial charge in [-0.3, -0.25) is 4.79 Å². The number of unbranched alkanes of at least 4 members (excludes halogenated alkanes) is 6. The number of rotatable bonds is 15. The highest BCUT2D eigenvalue weighted by Crippen LogP contribution is 1.98. The van der Waals surface area contributed by atoms with Gasteiger partial charge >= 0.3 is 6.03 Å². The maximum atomic E-state index is 12.3. The minimum absolute atomic E-state index is 0.120. The maximum Gasteiger partial charge on any atom is 0.315 e. The van der Waals surface area contributed by atoms with E-state index in [1.165, 1.54) is 25.7 Å². The first-order valence-electron chi connectivity index (χ1n) is 10.1. The Labute approximate surface area is 154 Å². The van der Waals surface area contributed by atoms with Crippen molar-refractivity contribution in [2.45, 2.75) is 91.1 Å². The Kier molecular flexibility index (Phi) is 15.3. The lowest BCUT2D eigenvalue weighted by Gasteiger charge is -2.20. The van der Waals surface area contributed by atoms with Crippen LogP contribution in [0.4, 0.5) is 4.79 Å². The van der Waals surface area contributed by atoms with E-state index >= 15 is 0 Å². The van der Waals surface area contributed by atoms with Crippen LogP contribution in [0.3, 0.4) is 0 Å². The molecule has 0 aromatic carbocycles. The minimum Gasteiger partial charge on any atom is -0.354 e. The van der Waals surface area contributed by atoms with Crippen molar-refractivity contribution < 1.29 is 9.59 Å². The number of hydrogen-bond donors (Lipinski definition) is 4. The van der Waals surface area contributed by atoms with E-state index in [-0.39, 0.29) is 18.0 Å². The molecular formula is C19H40N4O2. The second-order valence-electron chi connectivity index (χ2n) is 6.93. The molecular weight excluding hydrogens is 316 g/mol. The SMILES string of the molecule is CCCCCCNC(=O)N[C@@H](CNC(C)C)C(=O)NCCCCCC. The third kappa shape index (κ3) is 14.7. The van der Waals surface area contributed by atoms with Gasteiger partial charge in [-0.2, -0.15) is 0 Å². The van der Waals surface area contributed by atoms with Crippen molar-refractivity contribution in [1.29, 1.82) is 0 Å². The van der Waals surface area contributed by atoms with Crippen LogP contribution in [0.5, 0.6) is 0 Å². The van der Waals surface area contributed by atoms with E-state index in [0.717, 1.165) is 25.7 Å². The van der Waals surface area contributed by atoms with Crippen LogP contribution in [-0.2, 0) is 4.79 Å². The van der Waals surface area contributed by atoms with E-state index in [1.54, 1.807) is 0 Å². The van der Waals surface area contributed by atoms with Gasteiger partial charge < -0.3 is 21.3 Å². The predicted molar refractivity (Wildman–Crippen MR) is 105 cm³/mol. The molecule has 0 aliphatic carbocycles. The zero-order valence-electron chi connectivity index (χ0n) is 16.7. The van der Waals surface area contributed by atoms with Gasteiger partial charge in [0.05, 0.1) is 0 Å². The third-order valence-corrected chi connectivity index (χ3v) is 4.00. The van der Waals surface area contributed by atoms with Gasteiger partial charge in [0.1, 0.15) is 6.04 Å². The lowest BCUT2D eigenvalue weighted by atomic mass is 10.2. The van der Waals surface area contributed by atoms with Crippen LogP contribution in [0.1, 0.15) is 79.1 Å². The first-order valence-corrected chi connectivity index (χ1v) is 10.1. The molecule has 1 atom stereocenters. The number of urea groups is 1. The summed E-state index contributed by atoms with van der Waals surface area (Å²) in [4.78, 5) is 24.4. The van der Waals surface area contributed by atoms with Crippen LogP contribution in [-0.4, -0.2) is 43.7 Å². The average molecular weight is 357 g/mol. The predicted octanol–water partition coefficient (Wildman–Crippen LogP) is 2.93. The van der Waals surface area contributed by atoms with E-state index in [2.05, 4.69) is 35.1 Å². The summed E-state index contributed by atoms with van der Waals surface area (Å²) < 4.78 is 0. The van der Waals surface area contributed by atoms with Gasteiger partial charge in [-0.25, -0.2) is 4.79 Å². The van der Waals surface area contributed by atoms with Crippen molar-refractivity contribution >= 4 is 11.9 Å². The molecule has 6 heteroatoms. The first-order chi connectivity index (χ1) is 12.0. The van der Waals surface area contributed by atoms with Gasteiger partial charge in [-0.1, -0.05) is 66.2 Å². The molecule has 0 saturated heterocycles. The topological polar surface area (TPSA) is 82.3 Å². The van der Waals surface area contributed by atoms with Gasteiger partial charge in [0.2, 0.25) is 5.91 Å². The highest BCUT2D eigenvalue weighted by molar-refractivity contribution is 5.87. The highest BCUT2D eigenvalue weighted by Gasteiger charge is 2.20. The Morgan fingerprint density at radius 1 is 0.800 bits per heavy atom. The summed E-state index contributed by atoms with van der Waals surface area (Å²) >= 11 is 0. The van der Waals surface area contributed by atoms with E-state index in [0.29, 0.717) is 19.6 Å². The van der Waals surface area contributed by atoms with Gasteiger partial charge in [0, 0.05) is 25.7 Å². The van der Waals surface area contributed by atoms with Crippen LogP contribution in [0, 0.1) is 0 Å². The molecule has 4 N–H and O–H groups in total. The molecule has 0 rings (SSSR count). The molecule has 0 bridgehead atoms. The van der Waals surface area contributed by atoms with Crippen LogP contribution >= 0.6 is 0 Å². The highest BCUT2D eigenvalue weighted by atomic mass is 16.2. The fourth-order valence-corrected chi connectivity index (χ4v) is 2.41. The number of carbonyl (C=O) groups excluding carboxylic acids is 2. The molecule has 148 valence electrons. The van der Waals surface area contributed by atoms with Crippen molar-refractivity contribution in [3.8, 4) is 0 Å². The lowest BCUT2D eigenvalue weighted by Crippen LogP contribution is -2.55. The quantitative estimate of drug-likeness (QED) is 0.341. The fourth-order valence-electron chi connectivity index (χ4n) is 2.41. The van der Waals surface area contributed by atoms with E-state index in [1.807, 2.05) is 13.8 Å². The van der Waals surface area contributed by atoms with Crippen LogP contribution in [0.15, 0.2) is 0 Å². The standard InChI is InChI=1S/C19H40N4O2/c1-5-7-9-11-13-20-18(24)17(15-22-16(3)4)23-19(25)21-14-12-10-8-6-2/h16-17,22H,5-15H2,1-4H3,(H,20,24)(H2,21,23,25)/t17-/m0/s1. The Morgan fingerprint density at radius 3 is 1.88 bits per heavy atom. The van der Waals surface area contributed by atoms with Crippen LogP contribution in [0.25, 0.3) is 0 Å². The van der Waals surface area contributed by atoms with Crippen molar-refractivity contribution in [2.75, 3.05) is 19.6 Å². The number of hydrogen-bond acceptors (Lipinski definition) is 3. The monoisotopic (exact) mass is 356 g/mol. The van der Waals surface area contributed by atoms with E-state index < -0.39 is 6.04 Å². The molecule has 0 unspecified atom stereocenters. The number of carbonyl (C=O) groups is 2. The first kappa shape index (κ1) is 23.7. The maximum absolute atomic E-state index is 12.3. The molecule has 25 heavy (non-hydrogen) atoms. The zero-order valence-corrected chi connectivity index (χ0v) is 16.7. The number of amides is 3. The molecule has 0 spiro atoms. The third-order valence-electron chi connectivity index (χ3n) is 4.00. The molecule has 6 nitrogen and oxygen atoms in total. The summed E-state index contributed by atoms with van der Waals surface area (Å²) in [6.07, 6.45) is 8.91. The Balaban J connectivity index is 4.21. The summed E-state index contributed by atoms with van der Waals surface area (Å²) in [5.41, 5.74) is 0. The van der Waals surface area contributed by atoms with E-state index in [4.69, 9.17) is 0 Å². The largest absolute Gasteiger partial charge is 0.354 e. The van der Waals surface area contributed by atoms with E-state index in [9.17, 15) is 9.59 Å². The fraction of sp³-hybridized carbons (Fsp3) is 0.895. The van der Waals surface area contributed by atoms with Gasteiger partial charge in [-0.15, -0.1) is 0 Å². The molecule has 3 amide bonds. The smallest absolute Gasteiger partial charge is 0.315 e. The molecule has 0 aromatic heterocycles. The summed E-state index contributed by atoms with van der Waals surface area (Å²) in [7, 11) is 0. The molecule has 0 fully saturated rings. The van der Waals surface area contributed by atoms with Gasteiger partial charge in [0.25, 0.3) is 0 Å². The second kappa shape index (κ2) is 16.2. The Bertz CT molecular complexity index is 348. The molecule has 0 aromatic rings. The summed E-state index contributed by atoms with van der Waals surface area (Å²) in [5, 5.41) is 11.8. The van der Waals surface area contributed by atoms with Gasteiger partial charge in [-0.05, 0) is 12.8 Å². The van der Waals surface area contributed by atoms with Crippen LogP contribution < -0.4 is 21.3 Å². The normalized spacial score (nSPS) is 12.0. The minimum atomic E-state index is -0.552. The summed E-state index contributed by atoms with van der Waals surface area (Å²) in [5.74, 6) is -0.120. The molecule has 0 heterocycles. The molecule has 0 aliphatic rings. The average Bonchev–Trinajstić information content (AvgIpc) is 2.57. The van der Waals surface area contributed by atoms with Crippen LogP contribution in [0.2, 0.25) is 0 Å². The van der Waals surface area contributed by atoms with Crippen molar-refractivity contribution in [2.24, 2.45) is 0 Å². The Hall–Kier alpha value is -1.30. The van der Waals surface area contributed by atoms with Crippen molar-refractivity contribution in [3.63, 3.8) is 0 Å². The number of nitrogens with one attached hydrogen (secondary N) is 4. The van der Waals surface area contributed by atoms with Crippen molar-refractivity contribution in [3.05, 3.63) is 0 Å². The van der Waals surface area contributed by atoms with Crippen molar-refractivity contribution in [1.82, 2.24) is 21.3 Å². The lowest BCUT2D eigenvalue weighted by molar-refractivity contribution is -0.122. The summed E-state index contributed by atoms with van der Waals surface area (Å²) in [6, 6.07) is -0.559. The molecule has 0 aliphatic heterocycles. The zero-order chi connectivity index (χ0) is 18.9. The summed E-state index contributed by atoms with van der Waals surface area (Å²) in [6.45, 7) is 10.1. The molecule has 0 radical (unpaired) electrons. The van der Waals surface area contributed by atoms with Gasteiger partial charge in [0.15, 0.2) is 0 Å².